The Morgan fingerprint density at radius 1 is 1.26 bits per heavy atom. The number of ether oxygens (including phenoxy) is 1. The second-order valence-electron chi connectivity index (χ2n) is 5.46. The third kappa shape index (κ3) is 3.47. The first-order valence-corrected chi connectivity index (χ1v) is 8.29. The van der Waals surface area contributed by atoms with Crippen molar-refractivity contribution in [3.63, 3.8) is 0 Å². The monoisotopic (exact) mass is 433 g/mol. The van der Waals surface area contributed by atoms with Gasteiger partial charge in [0.2, 0.25) is 0 Å². The molecule has 10 heteroatoms. The predicted octanol–water partition coefficient (Wildman–Crippen LogP) is 2.53. The third-order valence-electron chi connectivity index (χ3n) is 3.80. The second kappa shape index (κ2) is 7.08. The fraction of sp³-hybridized carbons (Fsp3) is 0.0588. The summed E-state index contributed by atoms with van der Waals surface area (Å²) in [6.45, 7) is 0. The number of nitro benzene ring substituents is 1. The number of hydrogen-bond donors (Lipinski definition) is 2. The van der Waals surface area contributed by atoms with Crippen molar-refractivity contribution >= 4 is 45.2 Å². The molecule has 3 rings (SSSR count). The van der Waals surface area contributed by atoms with Crippen LogP contribution in [0.5, 0.6) is 11.5 Å². The fourth-order valence-corrected chi connectivity index (χ4v) is 2.73. The lowest BCUT2D eigenvalue weighted by Crippen LogP contribution is -2.35. The normalized spacial score (nSPS) is 15.2. The summed E-state index contributed by atoms with van der Waals surface area (Å²) in [5.41, 5.74) is 2.12. The van der Waals surface area contributed by atoms with Gasteiger partial charge >= 0.3 is 0 Å². The highest BCUT2D eigenvalue weighted by Gasteiger charge is 2.35. The van der Waals surface area contributed by atoms with Crippen LogP contribution in [0.15, 0.2) is 46.4 Å². The van der Waals surface area contributed by atoms with Gasteiger partial charge in [0, 0.05) is 16.1 Å². The minimum Gasteiger partial charge on any atom is -0.504 e. The molecule has 0 atom stereocenters. The van der Waals surface area contributed by atoms with Gasteiger partial charge in [0.1, 0.15) is 5.57 Å². The van der Waals surface area contributed by atoms with E-state index >= 15 is 0 Å². The summed E-state index contributed by atoms with van der Waals surface area (Å²) in [6, 6.07) is 8.75. The van der Waals surface area contributed by atoms with Crippen LogP contribution >= 0.6 is 15.9 Å². The molecule has 0 saturated carbocycles. The van der Waals surface area contributed by atoms with Crippen molar-refractivity contribution in [1.82, 2.24) is 5.43 Å². The molecule has 138 valence electrons. The Morgan fingerprint density at radius 2 is 1.93 bits per heavy atom. The Balaban J connectivity index is 2.03. The number of anilines is 1. The van der Waals surface area contributed by atoms with Gasteiger partial charge in [-0.2, -0.15) is 0 Å². The molecule has 1 fully saturated rings. The Hall–Kier alpha value is -3.40. The number of hydrogen-bond acceptors (Lipinski definition) is 6. The molecule has 2 N–H and O–H groups in total. The van der Waals surface area contributed by atoms with Crippen molar-refractivity contribution in [2.75, 3.05) is 12.1 Å². The summed E-state index contributed by atoms with van der Waals surface area (Å²) in [6.07, 6.45) is 1.08. The molecule has 0 radical (unpaired) electrons. The molecule has 1 heterocycles. The van der Waals surface area contributed by atoms with E-state index in [9.17, 15) is 24.8 Å². The Labute approximate surface area is 161 Å². The van der Waals surface area contributed by atoms with Crippen LogP contribution in [0.3, 0.4) is 0 Å². The highest BCUT2D eigenvalue weighted by atomic mass is 79.9. The summed E-state index contributed by atoms with van der Waals surface area (Å²) in [7, 11) is 1.23. The van der Waals surface area contributed by atoms with Crippen LogP contribution in [-0.2, 0) is 9.59 Å². The van der Waals surface area contributed by atoms with Crippen molar-refractivity contribution < 1.29 is 24.4 Å². The average molecular weight is 434 g/mol. The Bertz CT molecular complexity index is 987. The van der Waals surface area contributed by atoms with Gasteiger partial charge in [0.05, 0.1) is 23.8 Å². The molecule has 0 unspecified atom stereocenters. The molecular weight excluding hydrogens is 422 g/mol. The zero-order chi connectivity index (χ0) is 19.7. The molecular formula is C17H12BrN3O6. The predicted molar refractivity (Wildman–Crippen MR) is 99.1 cm³/mol. The number of carbonyl (C=O) groups excluding carboxylic acids is 2. The minimum absolute atomic E-state index is 0.0859. The minimum atomic E-state index is -0.701. The topological polar surface area (TPSA) is 122 Å². The largest absolute Gasteiger partial charge is 0.504 e. The van der Waals surface area contributed by atoms with E-state index < -0.39 is 22.5 Å². The molecule has 2 aromatic rings. The number of nitrogens with zero attached hydrogens (tertiary/aromatic N) is 2. The van der Waals surface area contributed by atoms with Crippen LogP contribution in [0.1, 0.15) is 5.56 Å². The molecule has 0 bridgehead atoms. The molecule has 27 heavy (non-hydrogen) atoms. The summed E-state index contributed by atoms with van der Waals surface area (Å²) in [5.74, 6) is -1.93. The number of rotatable bonds is 4. The third-order valence-corrected chi connectivity index (χ3v) is 4.32. The maximum absolute atomic E-state index is 12.6. The molecule has 0 spiro atoms. The number of methoxy groups -OCH3 is 1. The van der Waals surface area contributed by atoms with Crippen molar-refractivity contribution in [2.24, 2.45) is 0 Å². The van der Waals surface area contributed by atoms with Crippen molar-refractivity contribution in [3.8, 4) is 11.5 Å². The summed E-state index contributed by atoms with van der Waals surface area (Å²) < 4.78 is 5.71. The van der Waals surface area contributed by atoms with Gasteiger partial charge in [0.25, 0.3) is 17.5 Å². The van der Waals surface area contributed by atoms with Gasteiger partial charge in [-0.15, -0.1) is 0 Å². The van der Waals surface area contributed by atoms with Gasteiger partial charge in [0.15, 0.2) is 11.5 Å². The zero-order valence-corrected chi connectivity index (χ0v) is 15.4. The molecule has 0 aromatic heterocycles. The van der Waals surface area contributed by atoms with E-state index in [0.717, 1.165) is 27.7 Å². The fourth-order valence-electron chi connectivity index (χ4n) is 2.47. The lowest BCUT2D eigenvalue weighted by Gasteiger charge is -2.14. The van der Waals surface area contributed by atoms with Gasteiger partial charge in [-0.1, -0.05) is 15.9 Å². The standard InChI is InChI=1S/C17H12BrN3O6/c1-27-14-8-12(21(25)26)6-9(15(14)22)7-13-16(23)19-20(17(13)24)11-4-2-10(18)3-5-11/h2-8,22H,1H3,(H,19,23). The van der Waals surface area contributed by atoms with E-state index in [2.05, 4.69) is 21.4 Å². The molecule has 1 aliphatic heterocycles. The van der Waals surface area contributed by atoms with E-state index in [1.807, 2.05) is 0 Å². The lowest BCUT2D eigenvalue weighted by atomic mass is 10.1. The van der Waals surface area contributed by atoms with Crippen LogP contribution in [0.4, 0.5) is 11.4 Å². The maximum atomic E-state index is 12.6. The lowest BCUT2D eigenvalue weighted by molar-refractivity contribution is -0.385. The first kappa shape index (κ1) is 18.4. The number of hydrazine groups is 1. The van der Waals surface area contributed by atoms with Crippen molar-refractivity contribution in [3.05, 3.63) is 62.1 Å². The van der Waals surface area contributed by atoms with Crippen LogP contribution in [0.25, 0.3) is 6.08 Å². The van der Waals surface area contributed by atoms with E-state index in [-0.39, 0.29) is 22.6 Å². The van der Waals surface area contributed by atoms with Crippen LogP contribution < -0.4 is 15.2 Å². The SMILES string of the molecule is COc1cc([N+](=O)[O-])cc(C=C2C(=O)NN(c3ccc(Br)cc3)C2=O)c1O. The number of nitrogens with one attached hydrogen (secondary N) is 1. The molecule has 0 aliphatic carbocycles. The number of nitro groups is 1. The summed E-state index contributed by atoms with van der Waals surface area (Å²) in [5, 5.41) is 22.3. The highest BCUT2D eigenvalue weighted by molar-refractivity contribution is 9.10. The van der Waals surface area contributed by atoms with Crippen molar-refractivity contribution in [2.45, 2.75) is 0 Å². The number of carbonyl (C=O) groups is 2. The van der Waals surface area contributed by atoms with Crippen LogP contribution in [-0.4, -0.2) is 29.0 Å². The molecule has 9 nitrogen and oxygen atoms in total. The zero-order valence-electron chi connectivity index (χ0n) is 13.8. The molecule has 1 saturated heterocycles. The van der Waals surface area contributed by atoms with E-state index in [1.165, 1.54) is 7.11 Å². The Morgan fingerprint density at radius 3 is 2.52 bits per heavy atom. The number of phenolic OH excluding ortho intramolecular Hbond substituents is 1. The summed E-state index contributed by atoms with van der Waals surface area (Å²) in [4.78, 5) is 35.2. The number of halogens is 1. The van der Waals surface area contributed by atoms with Gasteiger partial charge in [-0.25, -0.2) is 5.01 Å². The number of amides is 2. The second-order valence-corrected chi connectivity index (χ2v) is 6.37. The van der Waals surface area contributed by atoms with Crippen LogP contribution in [0.2, 0.25) is 0 Å². The number of phenols is 1. The smallest absolute Gasteiger partial charge is 0.282 e. The number of non-ortho nitro benzene ring substituents is 1. The van der Waals surface area contributed by atoms with Gasteiger partial charge < -0.3 is 9.84 Å². The number of aromatic hydroxyl groups is 1. The number of benzene rings is 2. The van der Waals surface area contributed by atoms with Crippen molar-refractivity contribution in [1.29, 1.82) is 0 Å². The average Bonchev–Trinajstić information content (AvgIpc) is 2.92. The van der Waals surface area contributed by atoms with E-state index in [0.29, 0.717) is 5.69 Å². The van der Waals surface area contributed by atoms with E-state index in [4.69, 9.17) is 4.74 Å². The molecule has 1 aliphatic rings. The van der Waals surface area contributed by atoms with Gasteiger partial charge in [-0.3, -0.25) is 25.1 Å². The summed E-state index contributed by atoms with van der Waals surface area (Å²) >= 11 is 3.28. The molecule has 2 aromatic carbocycles. The maximum Gasteiger partial charge on any atom is 0.282 e. The van der Waals surface area contributed by atoms with E-state index in [1.54, 1.807) is 24.3 Å². The Kier molecular flexibility index (Phi) is 4.82. The first-order valence-electron chi connectivity index (χ1n) is 7.50. The van der Waals surface area contributed by atoms with Crippen LogP contribution in [0, 0.1) is 10.1 Å². The molecule has 2 amide bonds. The van der Waals surface area contributed by atoms with Gasteiger partial charge in [-0.05, 0) is 30.3 Å². The highest BCUT2D eigenvalue weighted by Crippen LogP contribution is 2.36. The quantitative estimate of drug-likeness (QED) is 0.330. The first-order chi connectivity index (χ1) is 12.8.